The van der Waals surface area contributed by atoms with Crippen LogP contribution in [0.15, 0.2) is 72.8 Å². The quantitative estimate of drug-likeness (QED) is 0.535. The van der Waals surface area contributed by atoms with Gasteiger partial charge in [-0.2, -0.15) is 0 Å². The summed E-state index contributed by atoms with van der Waals surface area (Å²) in [6.45, 7) is 3.58. The van der Waals surface area contributed by atoms with Crippen LogP contribution in [0.3, 0.4) is 0 Å². The summed E-state index contributed by atoms with van der Waals surface area (Å²) in [5, 5.41) is 4.12. The first-order valence-electron chi connectivity index (χ1n) is 8.67. The van der Waals surface area contributed by atoms with E-state index in [-0.39, 0.29) is 0 Å². The van der Waals surface area contributed by atoms with Crippen molar-refractivity contribution in [1.29, 1.82) is 0 Å². The highest BCUT2D eigenvalue weighted by Crippen LogP contribution is 2.33. The Morgan fingerprint density at radius 3 is 2.31 bits per heavy atom. The molecule has 3 nitrogen and oxygen atoms in total. The van der Waals surface area contributed by atoms with E-state index in [1.807, 2.05) is 79.7 Å². The number of ether oxygens (including phenoxy) is 2. The zero-order valence-electron chi connectivity index (χ0n) is 14.7. The maximum atomic E-state index is 6.25. The molecule has 0 radical (unpaired) electrons. The summed E-state index contributed by atoms with van der Waals surface area (Å²) >= 11 is 6.25. The number of rotatable bonds is 8. The Bertz CT molecular complexity index is 837. The molecule has 0 aliphatic carbocycles. The largest absolute Gasteiger partial charge is 0.490 e. The number of benzene rings is 3. The molecule has 3 aromatic rings. The molecule has 0 aromatic heterocycles. The van der Waals surface area contributed by atoms with Crippen molar-refractivity contribution < 1.29 is 9.47 Å². The van der Waals surface area contributed by atoms with E-state index >= 15 is 0 Å². The number of anilines is 1. The molecular weight excluding hydrogens is 346 g/mol. The lowest BCUT2D eigenvalue weighted by Crippen LogP contribution is -2.06. The van der Waals surface area contributed by atoms with Gasteiger partial charge in [-0.05, 0) is 31.2 Å². The van der Waals surface area contributed by atoms with E-state index in [4.69, 9.17) is 21.1 Å². The highest BCUT2D eigenvalue weighted by Gasteiger charge is 2.12. The number of hydrogen-bond donors (Lipinski definition) is 1. The summed E-state index contributed by atoms with van der Waals surface area (Å²) in [5.74, 6) is 1.49. The minimum atomic E-state index is 0.391. The third-order valence-corrected chi connectivity index (χ3v) is 4.32. The van der Waals surface area contributed by atoms with Gasteiger partial charge in [0.1, 0.15) is 6.61 Å². The van der Waals surface area contributed by atoms with E-state index in [0.29, 0.717) is 24.8 Å². The van der Waals surface area contributed by atoms with Crippen LogP contribution in [0.25, 0.3) is 0 Å². The first-order chi connectivity index (χ1) is 12.8. The minimum absolute atomic E-state index is 0.391. The summed E-state index contributed by atoms with van der Waals surface area (Å²) in [6.07, 6.45) is 0. The van der Waals surface area contributed by atoms with E-state index in [2.05, 4.69) is 5.32 Å². The van der Waals surface area contributed by atoms with Gasteiger partial charge in [0.05, 0.1) is 6.61 Å². The standard InChI is InChI=1S/C22H22ClNO2/c1-2-25-21-14-8-10-17(15-24-19-11-4-3-5-12-19)22(21)26-16-18-9-6-7-13-20(18)23/h3-14,24H,2,15-16H2,1H3. The van der Waals surface area contributed by atoms with Gasteiger partial charge in [0, 0.05) is 28.4 Å². The molecule has 0 saturated carbocycles. The van der Waals surface area contributed by atoms with Gasteiger partial charge in [0.15, 0.2) is 11.5 Å². The number of para-hydroxylation sites is 2. The van der Waals surface area contributed by atoms with E-state index in [9.17, 15) is 0 Å². The van der Waals surface area contributed by atoms with Crippen LogP contribution < -0.4 is 14.8 Å². The first-order valence-corrected chi connectivity index (χ1v) is 9.05. The molecule has 134 valence electrons. The van der Waals surface area contributed by atoms with E-state index in [1.54, 1.807) is 0 Å². The molecule has 1 N–H and O–H groups in total. The fraction of sp³-hybridized carbons (Fsp3) is 0.182. The Balaban J connectivity index is 1.79. The third-order valence-electron chi connectivity index (χ3n) is 3.95. The Hall–Kier alpha value is -2.65. The van der Waals surface area contributed by atoms with Crippen molar-refractivity contribution in [2.75, 3.05) is 11.9 Å². The topological polar surface area (TPSA) is 30.5 Å². The van der Waals surface area contributed by atoms with Crippen molar-refractivity contribution in [2.24, 2.45) is 0 Å². The lowest BCUT2D eigenvalue weighted by atomic mass is 10.1. The van der Waals surface area contributed by atoms with Crippen molar-refractivity contribution >= 4 is 17.3 Å². The SMILES string of the molecule is CCOc1cccc(CNc2ccccc2)c1OCc1ccccc1Cl. The average molecular weight is 368 g/mol. The maximum Gasteiger partial charge on any atom is 0.166 e. The normalized spacial score (nSPS) is 10.4. The van der Waals surface area contributed by atoms with Gasteiger partial charge in [0.2, 0.25) is 0 Å². The van der Waals surface area contributed by atoms with Crippen molar-refractivity contribution in [3.8, 4) is 11.5 Å². The second-order valence-corrected chi connectivity index (χ2v) is 6.18. The van der Waals surface area contributed by atoms with Crippen LogP contribution in [0, 0.1) is 0 Å². The molecule has 0 saturated heterocycles. The van der Waals surface area contributed by atoms with Crippen LogP contribution >= 0.6 is 11.6 Å². The van der Waals surface area contributed by atoms with Crippen LogP contribution in [-0.4, -0.2) is 6.61 Å². The van der Waals surface area contributed by atoms with Crippen molar-refractivity contribution in [2.45, 2.75) is 20.1 Å². The summed E-state index contributed by atoms with van der Waals surface area (Å²) in [6, 6.07) is 23.7. The zero-order chi connectivity index (χ0) is 18.2. The zero-order valence-corrected chi connectivity index (χ0v) is 15.5. The van der Waals surface area contributed by atoms with Gasteiger partial charge in [-0.25, -0.2) is 0 Å². The monoisotopic (exact) mass is 367 g/mol. The van der Waals surface area contributed by atoms with Gasteiger partial charge in [0.25, 0.3) is 0 Å². The smallest absolute Gasteiger partial charge is 0.166 e. The number of hydrogen-bond acceptors (Lipinski definition) is 3. The predicted octanol–water partition coefficient (Wildman–Crippen LogP) is 5.93. The molecule has 0 spiro atoms. The Kier molecular flexibility index (Phi) is 6.39. The van der Waals surface area contributed by atoms with Crippen molar-refractivity contribution in [3.05, 3.63) is 88.9 Å². The minimum Gasteiger partial charge on any atom is -0.490 e. The highest BCUT2D eigenvalue weighted by molar-refractivity contribution is 6.31. The molecule has 4 heteroatoms. The molecule has 0 fully saturated rings. The molecule has 0 amide bonds. The second-order valence-electron chi connectivity index (χ2n) is 5.78. The second kappa shape index (κ2) is 9.16. The van der Waals surface area contributed by atoms with Gasteiger partial charge < -0.3 is 14.8 Å². The van der Waals surface area contributed by atoms with E-state index in [1.165, 1.54) is 0 Å². The van der Waals surface area contributed by atoms with Gasteiger partial charge >= 0.3 is 0 Å². The van der Waals surface area contributed by atoms with Crippen LogP contribution in [0.4, 0.5) is 5.69 Å². The molecule has 0 aliphatic heterocycles. The van der Waals surface area contributed by atoms with Crippen molar-refractivity contribution in [3.63, 3.8) is 0 Å². The summed E-state index contributed by atoms with van der Waals surface area (Å²) in [5.41, 5.74) is 3.04. The van der Waals surface area contributed by atoms with Crippen LogP contribution in [-0.2, 0) is 13.2 Å². The molecule has 0 bridgehead atoms. The van der Waals surface area contributed by atoms with Crippen molar-refractivity contribution in [1.82, 2.24) is 0 Å². The fourth-order valence-corrected chi connectivity index (χ4v) is 2.84. The molecule has 3 aromatic carbocycles. The van der Waals surface area contributed by atoms with Gasteiger partial charge in [-0.3, -0.25) is 0 Å². The molecule has 0 aliphatic rings. The summed E-state index contributed by atoms with van der Waals surface area (Å²) < 4.78 is 11.9. The van der Waals surface area contributed by atoms with Gasteiger partial charge in [-0.15, -0.1) is 0 Å². The summed E-state index contributed by atoms with van der Waals surface area (Å²) in [7, 11) is 0. The first kappa shape index (κ1) is 18.2. The summed E-state index contributed by atoms with van der Waals surface area (Å²) in [4.78, 5) is 0. The predicted molar refractivity (Wildman–Crippen MR) is 107 cm³/mol. The molecule has 0 heterocycles. The van der Waals surface area contributed by atoms with Crippen LogP contribution in [0.5, 0.6) is 11.5 Å². The van der Waals surface area contributed by atoms with Crippen LogP contribution in [0.2, 0.25) is 5.02 Å². The number of nitrogens with one attached hydrogen (secondary N) is 1. The fourth-order valence-electron chi connectivity index (χ4n) is 2.65. The van der Waals surface area contributed by atoms with Crippen LogP contribution in [0.1, 0.15) is 18.1 Å². The highest BCUT2D eigenvalue weighted by atomic mass is 35.5. The molecule has 0 atom stereocenters. The Labute approximate surface area is 159 Å². The van der Waals surface area contributed by atoms with Gasteiger partial charge in [-0.1, -0.05) is 60.1 Å². The lowest BCUT2D eigenvalue weighted by molar-refractivity contribution is 0.267. The molecule has 26 heavy (non-hydrogen) atoms. The third kappa shape index (κ3) is 4.70. The molecule has 0 unspecified atom stereocenters. The molecule has 3 rings (SSSR count). The Morgan fingerprint density at radius 1 is 0.808 bits per heavy atom. The lowest BCUT2D eigenvalue weighted by Gasteiger charge is -2.17. The maximum absolute atomic E-state index is 6.25. The molecular formula is C22H22ClNO2. The average Bonchev–Trinajstić information content (AvgIpc) is 2.68. The van der Waals surface area contributed by atoms with E-state index < -0.39 is 0 Å². The number of halogens is 1. The van der Waals surface area contributed by atoms with E-state index in [0.717, 1.165) is 28.3 Å². The Morgan fingerprint density at radius 2 is 1.54 bits per heavy atom.